The third-order valence-corrected chi connectivity index (χ3v) is 5.10. The normalized spacial score (nSPS) is 15.0. The first kappa shape index (κ1) is 18.3. The van der Waals surface area contributed by atoms with Crippen molar-refractivity contribution in [3.8, 4) is 5.75 Å². The number of carbonyl (C=O) groups excluding carboxylic acids is 1. The molecular formula is C21H28N3O2+. The van der Waals surface area contributed by atoms with Gasteiger partial charge in [0, 0.05) is 5.69 Å². The van der Waals surface area contributed by atoms with E-state index >= 15 is 0 Å². The lowest BCUT2D eigenvalue weighted by atomic mass is 10.1. The van der Waals surface area contributed by atoms with Crippen molar-refractivity contribution in [1.29, 1.82) is 0 Å². The van der Waals surface area contributed by atoms with Crippen molar-refractivity contribution in [1.82, 2.24) is 0 Å². The van der Waals surface area contributed by atoms with Crippen LogP contribution in [0, 0.1) is 13.8 Å². The number of amides is 1. The van der Waals surface area contributed by atoms with Crippen molar-refractivity contribution < 1.29 is 14.4 Å². The van der Waals surface area contributed by atoms with Gasteiger partial charge in [0.25, 0.3) is 5.91 Å². The van der Waals surface area contributed by atoms with Crippen molar-refractivity contribution >= 4 is 17.3 Å². The summed E-state index contributed by atoms with van der Waals surface area (Å²) < 4.78 is 5.46. The Hall–Kier alpha value is -2.53. The minimum atomic E-state index is 0.0778. The SMILES string of the molecule is COc1ccccc1N1CC[NH+](CC(=O)Nc2ccc(C)c(C)c2)CC1. The van der Waals surface area contributed by atoms with E-state index in [9.17, 15) is 4.79 Å². The summed E-state index contributed by atoms with van der Waals surface area (Å²) in [6, 6.07) is 14.2. The maximum absolute atomic E-state index is 12.4. The summed E-state index contributed by atoms with van der Waals surface area (Å²) in [7, 11) is 1.71. The molecule has 1 aliphatic heterocycles. The summed E-state index contributed by atoms with van der Waals surface area (Å²) >= 11 is 0. The van der Waals surface area contributed by atoms with Crippen LogP contribution in [0.2, 0.25) is 0 Å². The van der Waals surface area contributed by atoms with Crippen LogP contribution < -0.4 is 19.9 Å². The Morgan fingerprint density at radius 2 is 1.85 bits per heavy atom. The highest BCUT2D eigenvalue weighted by atomic mass is 16.5. The lowest BCUT2D eigenvalue weighted by Gasteiger charge is -2.34. The Labute approximate surface area is 155 Å². The number of hydrogen-bond acceptors (Lipinski definition) is 3. The van der Waals surface area contributed by atoms with E-state index in [1.165, 1.54) is 16.0 Å². The lowest BCUT2D eigenvalue weighted by Crippen LogP contribution is -3.15. The summed E-state index contributed by atoms with van der Waals surface area (Å²) in [6.45, 7) is 8.38. The molecule has 0 atom stereocenters. The predicted octanol–water partition coefficient (Wildman–Crippen LogP) is 1.66. The fraction of sp³-hybridized carbons (Fsp3) is 0.381. The minimum Gasteiger partial charge on any atom is -0.495 e. The molecule has 1 heterocycles. The van der Waals surface area contributed by atoms with Gasteiger partial charge in [0.2, 0.25) is 0 Å². The zero-order valence-corrected chi connectivity index (χ0v) is 15.8. The van der Waals surface area contributed by atoms with E-state index in [0.717, 1.165) is 43.3 Å². The van der Waals surface area contributed by atoms with E-state index < -0.39 is 0 Å². The quantitative estimate of drug-likeness (QED) is 0.858. The molecule has 0 aromatic heterocycles. The number of nitrogens with zero attached hydrogens (tertiary/aromatic N) is 1. The Balaban J connectivity index is 1.52. The molecule has 0 spiro atoms. The van der Waals surface area contributed by atoms with Gasteiger partial charge in [-0.2, -0.15) is 0 Å². The lowest BCUT2D eigenvalue weighted by molar-refractivity contribution is -0.892. The highest BCUT2D eigenvalue weighted by Crippen LogP contribution is 2.27. The van der Waals surface area contributed by atoms with Gasteiger partial charge >= 0.3 is 0 Å². The average Bonchev–Trinajstić information content (AvgIpc) is 2.65. The molecule has 2 aromatic rings. The van der Waals surface area contributed by atoms with Crippen LogP contribution in [0.25, 0.3) is 0 Å². The van der Waals surface area contributed by atoms with E-state index in [-0.39, 0.29) is 5.91 Å². The van der Waals surface area contributed by atoms with Crippen LogP contribution in [0.15, 0.2) is 42.5 Å². The van der Waals surface area contributed by atoms with Crippen LogP contribution in [0.3, 0.4) is 0 Å². The molecule has 1 amide bonds. The number of anilines is 2. The van der Waals surface area contributed by atoms with E-state index in [1.54, 1.807) is 7.11 Å². The molecule has 0 aliphatic carbocycles. The third-order valence-electron chi connectivity index (χ3n) is 5.10. The fourth-order valence-electron chi connectivity index (χ4n) is 3.38. The van der Waals surface area contributed by atoms with Crippen LogP contribution in [0.4, 0.5) is 11.4 Å². The summed E-state index contributed by atoms with van der Waals surface area (Å²) in [5.41, 5.74) is 4.44. The van der Waals surface area contributed by atoms with E-state index in [4.69, 9.17) is 4.74 Å². The number of rotatable bonds is 5. The molecule has 2 N–H and O–H groups in total. The molecule has 1 saturated heterocycles. The number of benzene rings is 2. The first-order chi connectivity index (χ1) is 12.6. The molecule has 0 unspecified atom stereocenters. The molecule has 1 aliphatic rings. The molecule has 0 radical (unpaired) electrons. The zero-order valence-electron chi connectivity index (χ0n) is 15.8. The average molecular weight is 354 g/mol. The van der Waals surface area contributed by atoms with Crippen LogP contribution >= 0.6 is 0 Å². The number of ether oxygens (including phenoxy) is 1. The first-order valence-electron chi connectivity index (χ1n) is 9.15. The first-order valence-corrected chi connectivity index (χ1v) is 9.15. The van der Waals surface area contributed by atoms with Crippen molar-refractivity contribution in [2.45, 2.75) is 13.8 Å². The smallest absolute Gasteiger partial charge is 0.279 e. The number of nitrogens with one attached hydrogen (secondary N) is 2. The maximum atomic E-state index is 12.4. The van der Waals surface area contributed by atoms with Gasteiger partial charge in [0.05, 0.1) is 39.0 Å². The summed E-state index contributed by atoms with van der Waals surface area (Å²) in [6.07, 6.45) is 0. The minimum absolute atomic E-state index is 0.0778. The number of quaternary nitrogens is 1. The van der Waals surface area contributed by atoms with E-state index in [2.05, 4.69) is 30.1 Å². The van der Waals surface area contributed by atoms with Gasteiger partial charge in [-0.25, -0.2) is 0 Å². The zero-order chi connectivity index (χ0) is 18.5. The number of methoxy groups -OCH3 is 1. The van der Waals surface area contributed by atoms with Crippen molar-refractivity contribution in [2.75, 3.05) is 50.1 Å². The number of para-hydroxylation sites is 2. The Morgan fingerprint density at radius 3 is 2.54 bits per heavy atom. The molecule has 0 saturated carbocycles. The van der Waals surface area contributed by atoms with Gasteiger partial charge in [0.1, 0.15) is 5.75 Å². The largest absolute Gasteiger partial charge is 0.495 e. The maximum Gasteiger partial charge on any atom is 0.279 e. The van der Waals surface area contributed by atoms with Crippen molar-refractivity contribution in [3.63, 3.8) is 0 Å². The van der Waals surface area contributed by atoms with Gasteiger partial charge in [0.15, 0.2) is 6.54 Å². The molecular weight excluding hydrogens is 326 g/mol. The van der Waals surface area contributed by atoms with Crippen molar-refractivity contribution in [3.05, 3.63) is 53.6 Å². The number of aryl methyl sites for hydroxylation is 2. The summed E-state index contributed by atoms with van der Waals surface area (Å²) in [5.74, 6) is 0.984. The van der Waals surface area contributed by atoms with Crippen LogP contribution in [0.5, 0.6) is 5.75 Å². The molecule has 0 bridgehead atoms. The number of carbonyl (C=O) groups is 1. The molecule has 1 fully saturated rings. The molecule has 3 rings (SSSR count). The highest BCUT2D eigenvalue weighted by molar-refractivity contribution is 5.91. The fourth-order valence-corrected chi connectivity index (χ4v) is 3.38. The number of hydrogen-bond donors (Lipinski definition) is 2. The Morgan fingerprint density at radius 1 is 1.12 bits per heavy atom. The van der Waals surface area contributed by atoms with Crippen LogP contribution in [-0.4, -0.2) is 45.7 Å². The molecule has 138 valence electrons. The van der Waals surface area contributed by atoms with Crippen LogP contribution in [0.1, 0.15) is 11.1 Å². The van der Waals surface area contributed by atoms with Crippen LogP contribution in [-0.2, 0) is 4.79 Å². The molecule has 26 heavy (non-hydrogen) atoms. The second kappa shape index (κ2) is 8.23. The van der Waals surface area contributed by atoms with Gasteiger partial charge < -0.3 is 19.9 Å². The third kappa shape index (κ3) is 4.35. The predicted molar refractivity (Wildman–Crippen MR) is 105 cm³/mol. The number of piperazine rings is 1. The van der Waals surface area contributed by atoms with Crippen molar-refractivity contribution in [2.24, 2.45) is 0 Å². The van der Waals surface area contributed by atoms with Gasteiger partial charge in [-0.1, -0.05) is 18.2 Å². The van der Waals surface area contributed by atoms with Gasteiger partial charge in [-0.3, -0.25) is 4.79 Å². The van der Waals surface area contributed by atoms with Gasteiger partial charge in [-0.05, 0) is 49.2 Å². The Bertz CT molecular complexity index is 768. The second-order valence-corrected chi connectivity index (χ2v) is 6.93. The molecule has 5 nitrogen and oxygen atoms in total. The monoisotopic (exact) mass is 354 g/mol. The molecule has 5 heteroatoms. The van der Waals surface area contributed by atoms with E-state index in [0.29, 0.717) is 6.54 Å². The van der Waals surface area contributed by atoms with E-state index in [1.807, 2.05) is 36.4 Å². The second-order valence-electron chi connectivity index (χ2n) is 6.93. The summed E-state index contributed by atoms with van der Waals surface area (Å²) in [5, 5.41) is 3.03. The molecule has 2 aromatic carbocycles. The Kier molecular flexibility index (Phi) is 5.78. The topological polar surface area (TPSA) is 46.0 Å². The highest BCUT2D eigenvalue weighted by Gasteiger charge is 2.23. The standard InChI is InChI=1S/C21H27N3O2/c1-16-8-9-18(14-17(16)2)22-21(25)15-23-10-12-24(13-11-23)19-6-4-5-7-20(19)26-3/h4-9,14H,10-13,15H2,1-3H3,(H,22,25)/p+1. The summed E-state index contributed by atoms with van der Waals surface area (Å²) in [4.78, 5) is 16.0. The van der Waals surface area contributed by atoms with Gasteiger partial charge in [-0.15, -0.1) is 0 Å².